The van der Waals surface area contributed by atoms with Gasteiger partial charge in [0.05, 0.1) is 17.9 Å². The number of nitrogens with zero attached hydrogens (tertiary/aromatic N) is 3. The summed E-state index contributed by atoms with van der Waals surface area (Å²) in [5.41, 5.74) is 0.910. The summed E-state index contributed by atoms with van der Waals surface area (Å²) in [7, 11) is -2.46. The van der Waals surface area contributed by atoms with Gasteiger partial charge in [-0.1, -0.05) is 6.07 Å². The first-order valence-electron chi connectivity index (χ1n) is 11.0. The fourth-order valence-corrected chi connectivity index (χ4v) is 5.25. The number of allylic oxidation sites excluding steroid dienone is 1. The SMILES string of the molecule is COc1cc(C=C(C#N)C#N)ccc1OC(=O)C1CCCN(S(=O)(=O)c2ccc(NC(C)=O)cc2)C1. The predicted octanol–water partition coefficient (Wildman–Crippen LogP) is 3.09. The quantitative estimate of drug-likeness (QED) is 0.341. The highest BCUT2D eigenvalue weighted by molar-refractivity contribution is 7.89. The van der Waals surface area contributed by atoms with E-state index in [-0.39, 0.29) is 41.0 Å². The lowest BCUT2D eigenvalue weighted by molar-refractivity contribution is -0.140. The minimum absolute atomic E-state index is 0.0363. The molecule has 1 atom stereocenters. The van der Waals surface area contributed by atoms with Gasteiger partial charge in [0, 0.05) is 25.7 Å². The normalized spacial score (nSPS) is 15.6. The van der Waals surface area contributed by atoms with Crippen LogP contribution in [0.4, 0.5) is 5.69 Å². The summed E-state index contributed by atoms with van der Waals surface area (Å²) in [5.74, 6) is -1.16. The lowest BCUT2D eigenvalue weighted by Crippen LogP contribution is -2.43. The molecule has 1 heterocycles. The summed E-state index contributed by atoms with van der Waals surface area (Å²) >= 11 is 0. The number of esters is 1. The third-order valence-electron chi connectivity index (χ3n) is 5.48. The van der Waals surface area contributed by atoms with Crippen LogP contribution in [0, 0.1) is 28.6 Å². The Labute approximate surface area is 209 Å². The van der Waals surface area contributed by atoms with Gasteiger partial charge in [-0.05, 0) is 60.9 Å². The number of hydrogen-bond donors (Lipinski definition) is 1. The summed E-state index contributed by atoms with van der Waals surface area (Å²) in [6.45, 7) is 1.59. The van der Waals surface area contributed by atoms with Crippen molar-refractivity contribution in [3.63, 3.8) is 0 Å². The third-order valence-corrected chi connectivity index (χ3v) is 7.36. The molecule has 1 aliphatic heterocycles. The van der Waals surface area contributed by atoms with Gasteiger partial charge in [-0.15, -0.1) is 0 Å². The summed E-state index contributed by atoms with van der Waals surface area (Å²) < 4.78 is 38.3. The Morgan fingerprint density at radius 2 is 1.81 bits per heavy atom. The summed E-state index contributed by atoms with van der Waals surface area (Å²) in [5, 5.41) is 20.4. The molecule has 36 heavy (non-hydrogen) atoms. The van der Waals surface area contributed by atoms with Crippen LogP contribution in [0.1, 0.15) is 25.3 Å². The van der Waals surface area contributed by atoms with Crippen molar-refractivity contribution in [1.29, 1.82) is 10.5 Å². The highest BCUT2D eigenvalue weighted by atomic mass is 32.2. The van der Waals surface area contributed by atoms with Gasteiger partial charge in [0.15, 0.2) is 11.5 Å². The van der Waals surface area contributed by atoms with Gasteiger partial charge in [-0.2, -0.15) is 14.8 Å². The zero-order chi connectivity index (χ0) is 26.3. The van der Waals surface area contributed by atoms with Crippen molar-refractivity contribution >= 4 is 33.7 Å². The molecule has 0 spiro atoms. The van der Waals surface area contributed by atoms with E-state index in [0.717, 1.165) is 0 Å². The molecule has 3 rings (SSSR count). The highest BCUT2D eigenvalue weighted by Gasteiger charge is 2.34. The molecule has 1 fully saturated rings. The molecule has 2 aromatic carbocycles. The van der Waals surface area contributed by atoms with E-state index >= 15 is 0 Å². The van der Waals surface area contributed by atoms with Crippen LogP contribution in [0.5, 0.6) is 11.5 Å². The number of ether oxygens (including phenoxy) is 2. The van der Waals surface area contributed by atoms with E-state index in [4.69, 9.17) is 20.0 Å². The average Bonchev–Trinajstić information content (AvgIpc) is 2.88. The standard InChI is InChI=1S/C25H24N4O6S/c1-17(30)28-21-6-8-22(9-7-21)36(32,33)29-11-3-4-20(16-29)25(31)35-23-10-5-18(13-24(23)34-2)12-19(14-26)15-27/h5-10,12-13,20H,3-4,11,16H2,1-2H3,(H,28,30). The number of sulfonamides is 1. The van der Waals surface area contributed by atoms with E-state index in [1.165, 1.54) is 60.8 Å². The van der Waals surface area contributed by atoms with E-state index in [1.807, 2.05) is 0 Å². The zero-order valence-corrected chi connectivity index (χ0v) is 20.5. The van der Waals surface area contributed by atoms with E-state index in [0.29, 0.717) is 24.1 Å². The van der Waals surface area contributed by atoms with Gasteiger partial charge < -0.3 is 14.8 Å². The van der Waals surface area contributed by atoms with Crippen molar-refractivity contribution in [1.82, 2.24) is 4.31 Å². The van der Waals surface area contributed by atoms with Crippen LogP contribution in [0.25, 0.3) is 6.08 Å². The van der Waals surface area contributed by atoms with Gasteiger partial charge >= 0.3 is 5.97 Å². The zero-order valence-electron chi connectivity index (χ0n) is 19.7. The second-order valence-corrected chi connectivity index (χ2v) is 9.96. The number of amides is 1. The van der Waals surface area contributed by atoms with E-state index in [2.05, 4.69) is 5.32 Å². The van der Waals surface area contributed by atoms with E-state index < -0.39 is 21.9 Å². The van der Waals surface area contributed by atoms with Crippen LogP contribution in [0.2, 0.25) is 0 Å². The van der Waals surface area contributed by atoms with Crippen LogP contribution >= 0.6 is 0 Å². The van der Waals surface area contributed by atoms with Crippen molar-refractivity contribution in [2.24, 2.45) is 5.92 Å². The Balaban J connectivity index is 1.73. The first kappa shape index (κ1) is 26.4. The third kappa shape index (κ3) is 6.27. The molecule has 0 radical (unpaired) electrons. The molecule has 1 aliphatic rings. The van der Waals surface area contributed by atoms with Crippen molar-refractivity contribution < 1.29 is 27.5 Å². The van der Waals surface area contributed by atoms with Crippen LogP contribution in [0.3, 0.4) is 0 Å². The number of hydrogen-bond acceptors (Lipinski definition) is 8. The first-order valence-corrected chi connectivity index (χ1v) is 12.4. The number of piperidine rings is 1. The minimum atomic E-state index is -3.85. The van der Waals surface area contributed by atoms with Crippen LogP contribution in [-0.2, 0) is 19.6 Å². The monoisotopic (exact) mass is 508 g/mol. The number of methoxy groups -OCH3 is 1. The van der Waals surface area contributed by atoms with Crippen molar-refractivity contribution in [3.8, 4) is 23.6 Å². The van der Waals surface area contributed by atoms with Gasteiger partial charge in [0.25, 0.3) is 0 Å². The van der Waals surface area contributed by atoms with Crippen molar-refractivity contribution in [2.75, 3.05) is 25.5 Å². The second-order valence-electron chi connectivity index (χ2n) is 8.02. The molecule has 1 saturated heterocycles. The first-order chi connectivity index (χ1) is 17.2. The average molecular weight is 509 g/mol. The number of nitriles is 2. The summed E-state index contributed by atoms with van der Waals surface area (Å²) in [6.07, 6.45) is 2.32. The molecular weight excluding hydrogens is 484 g/mol. The van der Waals surface area contributed by atoms with E-state index in [1.54, 1.807) is 18.2 Å². The minimum Gasteiger partial charge on any atom is -0.493 e. The molecule has 1 N–H and O–H groups in total. The van der Waals surface area contributed by atoms with Crippen LogP contribution in [-0.4, -0.2) is 44.8 Å². The number of anilines is 1. The fourth-order valence-electron chi connectivity index (χ4n) is 3.72. The molecule has 2 aromatic rings. The predicted molar refractivity (Wildman–Crippen MR) is 130 cm³/mol. The molecule has 10 nitrogen and oxygen atoms in total. The fraction of sp³-hybridized carbons (Fsp3) is 0.280. The summed E-state index contributed by atoms with van der Waals surface area (Å²) in [6, 6.07) is 14.0. The Kier molecular flexibility index (Phi) is 8.43. The topological polar surface area (TPSA) is 150 Å². The van der Waals surface area contributed by atoms with E-state index in [9.17, 15) is 18.0 Å². The van der Waals surface area contributed by atoms with Gasteiger partial charge in [0.2, 0.25) is 15.9 Å². The lowest BCUT2D eigenvalue weighted by atomic mass is 10.00. The number of benzene rings is 2. The Morgan fingerprint density at radius 3 is 2.42 bits per heavy atom. The maximum Gasteiger partial charge on any atom is 0.315 e. The van der Waals surface area contributed by atoms with Crippen molar-refractivity contribution in [2.45, 2.75) is 24.7 Å². The van der Waals surface area contributed by atoms with Gasteiger partial charge in [0.1, 0.15) is 17.7 Å². The molecular formula is C25H24N4O6S. The molecule has 0 bridgehead atoms. The largest absolute Gasteiger partial charge is 0.493 e. The number of carbonyl (C=O) groups excluding carboxylic acids is 2. The Morgan fingerprint density at radius 1 is 1.11 bits per heavy atom. The Hall–Kier alpha value is -4.19. The van der Waals surface area contributed by atoms with Gasteiger partial charge in [-0.25, -0.2) is 8.42 Å². The smallest absolute Gasteiger partial charge is 0.315 e. The molecule has 1 amide bonds. The maximum absolute atomic E-state index is 13.1. The molecule has 0 aliphatic carbocycles. The molecule has 0 aromatic heterocycles. The van der Waals surface area contributed by atoms with Crippen LogP contribution in [0.15, 0.2) is 52.9 Å². The molecule has 0 saturated carbocycles. The lowest BCUT2D eigenvalue weighted by Gasteiger charge is -2.30. The number of nitrogens with one attached hydrogen (secondary N) is 1. The summed E-state index contributed by atoms with van der Waals surface area (Å²) in [4.78, 5) is 24.2. The maximum atomic E-state index is 13.1. The number of carbonyl (C=O) groups is 2. The second kappa shape index (κ2) is 11.5. The number of rotatable bonds is 7. The van der Waals surface area contributed by atoms with Crippen LogP contribution < -0.4 is 14.8 Å². The molecule has 11 heteroatoms. The van der Waals surface area contributed by atoms with Crippen molar-refractivity contribution in [3.05, 3.63) is 53.6 Å². The van der Waals surface area contributed by atoms with Gasteiger partial charge in [-0.3, -0.25) is 9.59 Å². The molecule has 1 unspecified atom stereocenters. The Bertz CT molecular complexity index is 1350. The highest BCUT2D eigenvalue weighted by Crippen LogP contribution is 2.31. The molecule has 186 valence electrons.